The molecule has 0 saturated heterocycles. The number of alkyl halides is 2. The van der Waals surface area contributed by atoms with E-state index in [1.54, 1.807) is 0 Å². The van der Waals surface area contributed by atoms with Crippen molar-refractivity contribution in [1.82, 2.24) is 0 Å². The van der Waals surface area contributed by atoms with Gasteiger partial charge in [-0.15, -0.1) is 23.2 Å². The van der Waals surface area contributed by atoms with Crippen molar-refractivity contribution >= 4 is 43.1 Å². The molecule has 0 amide bonds. The molecule has 0 spiro atoms. The van der Waals surface area contributed by atoms with Crippen LogP contribution < -0.4 is 0 Å². The first-order valence-electron chi connectivity index (χ1n) is 3.52. The monoisotopic (exact) mass is 234 g/mol. The highest BCUT2D eigenvalue weighted by Gasteiger charge is 2.00. The van der Waals surface area contributed by atoms with Crippen LogP contribution in [0.3, 0.4) is 0 Å². The second-order valence-corrected chi connectivity index (χ2v) is 6.28. The Hall–Kier alpha value is 0.367. The second-order valence-electron chi connectivity index (χ2n) is 2.15. The molecule has 0 heterocycles. The van der Waals surface area contributed by atoms with Crippen LogP contribution in [0.1, 0.15) is 0 Å². The number of halogens is 2. The van der Waals surface area contributed by atoms with Crippen LogP contribution in [0.4, 0.5) is 0 Å². The maximum atomic E-state index is 5.60. The molecule has 0 unspecified atom stereocenters. The van der Waals surface area contributed by atoms with Gasteiger partial charge in [-0.25, -0.2) is 0 Å². The third-order valence-electron chi connectivity index (χ3n) is 1.17. The summed E-state index contributed by atoms with van der Waals surface area (Å²) in [5.41, 5.74) is 0. The van der Waals surface area contributed by atoms with Gasteiger partial charge >= 0.3 is 0 Å². The standard InChI is InChI=1S/C8H8Cl2SSi/c9-8(10)6-12-11-7-4-2-1-3-5-7/h1-5,8H,6H2. The van der Waals surface area contributed by atoms with E-state index in [0.29, 0.717) is 0 Å². The molecule has 4 heteroatoms. The summed E-state index contributed by atoms with van der Waals surface area (Å²) in [5.74, 6) is 0. The minimum atomic E-state index is -0.223. The van der Waals surface area contributed by atoms with Gasteiger partial charge in [-0.1, -0.05) is 18.2 Å². The first-order chi connectivity index (χ1) is 5.79. The Morgan fingerprint density at radius 3 is 2.50 bits per heavy atom. The molecule has 1 aromatic rings. The molecule has 0 aliphatic carbocycles. The van der Waals surface area contributed by atoms with Crippen molar-refractivity contribution in [2.24, 2.45) is 0 Å². The molecule has 0 aliphatic heterocycles. The maximum Gasteiger partial charge on any atom is 0.132 e. The Labute approximate surface area is 89.1 Å². The molecule has 0 aliphatic rings. The van der Waals surface area contributed by atoms with Gasteiger partial charge in [-0.2, -0.15) is 11.2 Å². The summed E-state index contributed by atoms with van der Waals surface area (Å²) < 4.78 is 0. The molecule has 1 aromatic carbocycles. The van der Waals surface area contributed by atoms with Gasteiger partial charge in [0.2, 0.25) is 0 Å². The van der Waals surface area contributed by atoms with E-state index in [9.17, 15) is 0 Å². The Kier molecular flexibility index (Phi) is 5.15. The Morgan fingerprint density at radius 2 is 1.92 bits per heavy atom. The molecule has 64 valence electrons. The summed E-state index contributed by atoms with van der Waals surface area (Å²) >= 11 is 13.0. The highest BCUT2D eigenvalue weighted by molar-refractivity contribution is 8.22. The van der Waals surface area contributed by atoms with Crippen molar-refractivity contribution in [1.29, 1.82) is 0 Å². The molecule has 12 heavy (non-hydrogen) atoms. The fourth-order valence-corrected chi connectivity index (χ4v) is 4.02. The van der Waals surface area contributed by atoms with Crippen LogP contribution in [-0.2, 0) is 0 Å². The first kappa shape index (κ1) is 10.4. The summed E-state index contributed by atoms with van der Waals surface area (Å²) in [7, 11) is 0.743. The van der Waals surface area contributed by atoms with Gasteiger partial charge in [0.15, 0.2) is 0 Å². The highest BCUT2D eigenvalue weighted by Crippen LogP contribution is 2.19. The molecule has 1 rings (SSSR count). The van der Waals surface area contributed by atoms with Gasteiger partial charge in [0.05, 0.1) is 0 Å². The van der Waals surface area contributed by atoms with E-state index >= 15 is 0 Å². The third-order valence-corrected chi connectivity index (χ3v) is 4.86. The second kappa shape index (κ2) is 5.92. The van der Waals surface area contributed by atoms with Crippen molar-refractivity contribution in [2.75, 3.05) is 0 Å². The summed E-state index contributed by atoms with van der Waals surface area (Å²) in [5, 5.41) is 0. The Morgan fingerprint density at radius 1 is 1.25 bits per heavy atom. The van der Waals surface area contributed by atoms with E-state index in [4.69, 9.17) is 23.2 Å². The zero-order valence-electron chi connectivity index (χ0n) is 6.34. The Bertz CT molecular complexity index is 216. The number of benzene rings is 1. The molecule has 0 fully saturated rings. The molecule has 2 radical (unpaired) electrons. The van der Waals surface area contributed by atoms with Crippen LogP contribution in [-0.4, -0.2) is 13.5 Å². The minimum absolute atomic E-state index is 0.223. The number of hydrogen-bond donors (Lipinski definition) is 0. The topological polar surface area (TPSA) is 0 Å². The summed E-state index contributed by atoms with van der Waals surface area (Å²) in [6.07, 6.45) is 0. The highest BCUT2D eigenvalue weighted by atomic mass is 35.5. The maximum absolute atomic E-state index is 5.60. The normalized spacial score (nSPS) is 10.6. The van der Waals surface area contributed by atoms with Crippen LogP contribution >= 0.6 is 34.4 Å². The summed E-state index contributed by atoms with van der Waals surface area (Å²) in [6.45, 7) is 0. The van der Waals surface area contributed by atoms with Crippen molar-refractivity contribution < 1.29 is 0 Å². The Balaban J connectivity index is 2.25. The first-order valence-corrected chi connectivity index (χ1v) is 7.14. The number of hydrogen-bond acceptors (Lipinski definition) is 1. The lowest BCUT2D eigenvalue weighted by atomic mass is 10.4. The van der Waals surface area contributed by atoms with E-state index in [0.717, 1.165) is 14.7 Å². The fourth-order valence-electron chi connectivity index (χ4n) is 0.677. The SMILES string of the molecule is ClC(Cl)C[Si]Sc1ccccc1. The smallest absolute Gasteiger partial charge is 0.132 e. The predicted molar refractivity (Wildman–Crippen MR) is 58.4 cm³/mol. The van der Waals surface area contributed by atoms with Gasteiger partial charge in [0.1, 0.15) is 13.5 Å². The van der Waals surface area contributed by atoms with Crippen LogP contribution in [0.5, 0.6) is 0 Å². The average molecular weight is 235 g/mol. The van der Waals surface area contributed by atoms with Gasteiger partial charge in [0.25, 0.3) is 0 Å². The van der Waals surface area contributed by atoms with E-state index < -0.39 is 0 Å². The molecule has 0 saturated carbocycles. The molecule has 0 nitrogen and oxygen atoms in total. The lowest BCUT2D eigenvalue weighted by Crippen LogP contribution is -1.90. The van der Waals surface area contributed by atoms with E-state index in [1.165, 1.54) is 4.90 Å². The summed E-state index contributed by atoms with van der Waals surface area (Å²) in [4.78, 5) is 1.06. The molecule has 0 N–H and O–H groups in total. The lowest BCUT2D eigenvalue weighted by molar-refractivity contribution is 1.37. The van der Waals surface area contributed by atoms with E-state index in [1.807, 2.05) is 29.4 Å². The number of rotatable bonds is 4. The van der Waals surface area contributed by atoms with Gasteiger partial charge in [0, 0.05) is 4.90 Å². The van der Waals surface area contributed by atoms with Crippen molar-refractivity contribution in [3.8, 4) is 0 Å². The van der Waals surface area contributed by atoms with Crippen LogP contribution in [0.2, 0.25) is 6.04 Å². The molecule has 0 bridgehead atoms. The van der Waals surface area contributed by atoms with Crippen molar-refractivity contribution in [3.63, 3.8) is 0 Å². The summed E-state index contributed by atoms with van der Waals surface area (Å²) in [6, 6.07) is 11.1. The largest absolute Gasteiger partial charge is 0.155 e. The third kappa shape index (κ3) is 4.41. The van der Waals surface area contributed by atoms with Gasteiger partial charge in [-0.05, 0) is 18.2 Å². The minimum Gasteiger partial charge on any atom is -0.155 e. The van der Waals surface area contributed by atoms with Crippen molar-refractivity contribution in [3.05, 3.63) is 30.3 Å². The predicted octanol–water partition coefficient (Wildman–Crippen LogP) is 3.62. The van der Waals surface area contributed by atoms with Gasteiger partial charge < -0.3 is 0 Å². The van der Waals surface area contributed by atoms with Crippen LogP contribution in [0.15, 0.2) is 35.2 Å². The quantitative estimate of drug-likeness (QED) is 0.567. The molecular formula is C8H8Cl2SSi. The lowest BCUT2D eigenvalue weighted by Gasteiger charge is -1.99. The van der Waals surface area contributed by atoms with Crippen LogP contribution in [0.25, 0.3) is 0 Å². The molecular weight excluding hydrogens is 227 g/mol. The zero-order chi connectivity index (χ0) is 8.81. The van der Waals surface area contributed by atoms with E-state index in [-0.39, 0.29) is 4.84 Å². The van der Waals surface area contributed by atoms with Crippen LogP contribution in [0, 0.1) is 0 Å². The van der Waals surface area contributed by atoms with Gasteiger partial charge in [-0.3, -0.25) is 0 Å². The van der Waals surface area contributed by atoms with E-state index in [2.05, 4.69) is 12.1 Å². The zero-order valence-corrected chi connectivity index (χ0v) is 9.66. The fraction of sp³-hybridized carbons (Fsp3) is 0.250. The molecule has 0 aromatic heterocycles. The van der Waals surface area contributed by atoms with Crippen molar-refractivity contribution in [2.45, 2.75) is 15.8 Å². The average Bonchev–Trinajstić information content (AvgIpc) is 2.05. The molecule has 0 atom stereocenters.